The van der Waals surface area contributed by atoms with E-state index in [1.54, 1.807) is 32.9 Å². The van der Waals surface area contributed by atoms with Crippen LogP contribution in [0.3, 0.4) is 0 Å². The number of hydrogen-bond donors (Lipinski definition) is 4. The highest BCUT2D eigenvalue weighted by molar-refractivity contribution is 5.94. The first-order valence-electron chi connectivity index (χ1n) is 11.1. The number of nitrogens with one attached hydrogen (secondary N) is 3. The minimum Gasteiger partial charge on any atom is -0.388 e. The molecule has 0 radical (unpaired) electrons. The first-order valence-corrected chi connectivity index (χ1v) is 11.1. The topological polar surface area (TPSA) is 115 Å². The molecule has 3 atom stereocenters. The van der Waals surface area contributed by atoms with E-state index in [2.05, 4.69) is 25.8 Å². The highest BCUT2D eigenvalue weighted by Gasteiger charge is 2.45. The van der Waals surface area contributed by atoms with Crippen molar-refractivity contribution in [3.05, 3.63) is 48.2 Å². The van der Waals surface area contributed by atoms with Gasteiger partial charge in [-0.05, 0) is 26.3 Å². The van der Waals surface area contributed by atoms with E-state index in [0.717, 1.165) is 5.56 Å². The molecular formula is C23H27F3N6O3. The number of H-pyrrole nitrogens is 1. The van der Waals surface area contributed by atoms with E-state index in [1.165, 1.54) is 17.2 Å². The zero-order valence-corrected chi connectivity index (χ0v) is 19.4. The molecule has 4 rings (SSSR count). The van der Waals surface area contributed by atoms with Gasteiger partial charge in [-0.25, -0.2) is 9.78 Å². The molecule has 9 nitrogen and oxygen atoms in total. The van der Waals surface area contributed by atoms with Crippen LogP contribution in [0.15, 0.2) is 42.6 Å². The molecule has 1 aliphatic heterocycles. The number of alkyl halides is 3. The number of rotatable bonds is 5. The Morgan fingerprint density at radius 2 is 1.97 bits per heavy atom. The largest absolute Gasteiger partial charge is 0.416 e. The first-order chi connectivity index (χ1) is 16.4. The monoisotopic (exact) mass is 492 g/mol. The van der Waals surface area contributed by atoms with Crippen LogP contribution >= 0.6 is 0 Å². The van der Waals surface area contributed by atoms with Gasteiger partial charge in [-0.1, -0.05) is 30.3 Å². The molecule has 2 aromatic heterocycles. The number of carbonyl (C=O) groups is 1. The van der Waals surface area contributed by atoms with Gasteiger partial charge in [0.05, 0.1) is 35.2 Å². The van der Waals surface area contributed by atoms with E-state index >= 15 is 0 Å². The van der Waals surface area contributed by atoms with Crippen LogP contribution in [0.4, 0.5) is 29.6 Å². The van der Waals surface area contributed by atoms with Crippen LogP contribution in [-0.4, -0.2) is 63.4 Å². The third kappa shape index (κ3) is 5.65. The maximum atomic E-state index is 13.2. The van der Waals surface area contributed by atoms with Gasteiger partial charge >= 0.3 is 12.2 Å². The molecule has 12 heteroatoms. The predicted octanol–water partition coefficient (Wildman–Crippen LogP) is 3.75. The van der Waals surface area contributed by atoms with Crippen LogP contribution in [0.1, 0.15) is 32.4 Å². The quantitative estimate of drug-likeness (QED) is 0.431. The fourth-order valence-electron chi connectivity index (χ4n) is 4.11. The SMILES string of the molecule is C[C@H]1CN(c2n[nH]c3cc(NC(=O)N[C@@H](c4ccccc4)C(C)(C)O)ncc23)C[C@H](C(F)(F)F)O1. The molecule has 1 aromatic carbocycles. The van der Waals surface area contributed by atoms with Crippen LogP contribution in [0, 0.1) is 0 Å². The molecule has 188 valence electrons. The van der Waals surface area contributed by atoms with Crippen LogP contribution in [0.2, 0.25) is 0 Å². The zero-order chi connectivity index (χ0) is 25.4. The van der Waals surface area contributed by atoms with E-state index in [1.807, 2.05) is 18.2 Å². The number of morpholine rings is 1. The Morgan fingerprint density at radius 3 is 2.63 bits per heavy atom. The number of hydrogen-bond acceptors (Lipinski definition) is 6. The summed E-state index contributed by atoms with van der Waals surface area (Å²) in [5.74, 6) is 0.537. The van der Waals surface area contributed by atoms with Crippen molar-refractivity contribution in [2.24, 2.45) is 0 Å². The minimum atomic E-state index is -4.48. The van der Waals surface area contributed by atoms with Crippen LogP contribution in [0.5, 0.6) is 0 Å². The summed E-state index contributed by atoms with van der Waals surface area (Å²) < 4.78 is 44.8. The zero-order valence-electron chi connectivity index (χ0n) is 19.4. The summed E-state index contributed by atoms with van der Waals surface area (Å²) in [5.41, 5.74) is -0.0125. The number of aromatic amines is 1. The molecule has 0 saturated carbocycles. The number of fused-ring (bicyclic) bond motifs is 1. The van der Waals surface area contributed by atoms with E-state index in [0.29, 0.717) is 16.7 Å². The maximum Gasteiger partial charge on any atom is 0.416 e. The number of ether oxygens (including phenoxy) is 1. The standard InChI is InChI=1S/C23H27F3N6O3/c1-13-11-32(12-17(35-13)23(24,25)26)20-15-10-27-18(9-16(15)30-31-20)28-21(33)29-19(22(2,3)34)14-7-5-4-6-8-14/h4-10,13,17,19,34H,11-12H2,1-3H3,(H,30,31)(H2,27,28,29,33)/t13-,17+,19-/m0/s1. The van der Waals surface area contributed by atoms with E-state index < -0.39 is 36.1 Å². The molecule has 3 heterocycles. The van der Waals surface area contributed by atoms with Crippen molar-refractivity contribution in [3.8, 4) is 0 Å². The Hall–Kier alpha value is -3.38. The first kappa shape index (κ1) is 24.7. The summed E-state index contributed by atoms with van der Waals surface area (Å²) in [5, 5.41) is 23.4. The number of halogens is 3. The van der Waals surface area contributed by atoms with E-state index in [9.17, 15) is 23.1 Å². The summed E-state index contributed by atoms with van der Waals surface area (Å²) in [6.07, 6.45) is -5.59. The minimum absolute atomic E-state index is 0.205. The Morgan fingerprint density at radius 1 is 1.26 bits per heavy atom. The third-order valence-corrected chi connectivity index (χ3v) is 5.71. The van der Waals surface area contributed by atoms with Gasteiger partial charge in [0.25, 0.3) is 0 Å². The molecule has 0 bridgehead atoms. The van der Waals surface area contributed by atoms with Crippen molar-refractivity contribution in [2.45, 2.75) is 50.8 Å². The van der Waals surface area contributed by atoms with Crippen LogP contribution in [-0.2, 0) is 4.74 Å². The van der Waals surface area contributed by atoms with Crippen LogP contribution < -0.4 is 15.5 Å². The Kier molecular flexibility index (Phi) is 6.60. The molecule has 1 saturated heterocycles. The number of pyridine rings is 1. The van der Waals surface area contributed by atoms with Gasteiger partial charge in [-0.15, -0.1) is 0 Å². The average molecular weight is 493 g/mol. The van der Waals surface area contributed by atoms with Gasteiger partial charge in [0.15, 0.2) is 11.9 Å². The number of carbonyl (C=O) groups excluding carboxylic acids is 1. The van der Waals surface area contributed by atoms with Gasteiger partial charge < -0.3 is 20.1 Å². The molecular weight excluding hydrogens is 465 g/mol. The van der Waals surface area contributed by atoms with Gasteiger partial charge in [-0.2, -0.15) is 18.3 Å². The second kappa shape index (κ2) is 9.34. The van der Waals surface area contributed by atoms with Crippen molar-refractivity contribution in [3.63, 3.8) is 0 Å². The fraction of sp³-hybridized carbons (Fsp3) is 0.435. The Labute approximate surface area is 199 Å². The number of anilines is 2. The van der Waals surface area contributed by atoms with E-state index in [4.69, 9.17) is 4.74 Å². The number of amides is 2. The highest BCUT2D eigenvalue weighted by atomic mass is 19.4. The second-order valence-corrected chi connectivity index (χ2v) is 9.14. The molecule has 1 fully saturated rings. The molecule has 0 aliphatic carbocycles. The van der Waals surface area contributed by atoms with Crippen molar-refractivity contribution < 1.29 is 27.8 Å². The molecule has 1 aliphatic rings. The number of urea groups is 1. The lowest BCUT2D eigenvalue weighted by Crippen LogP contribution is -2.52. The Bertz CT molecular complexity index is 1180. The van der Waals surface area contributed by atoms with Gasteiger partial charge in [-0.3, -0.25) is 10.4 Å². The Balaban J connectivity index is 1.50. The molecule has 4 N–H and O–H groups in total. The van der Waals surface area contributed by atoms with Gasteiger partial charge in [0, 0.05) is 18.8 Å². The summed E-state index contributed by atoms with van der Waals surface area (Å²) in [4.78, 5) is 18.4. The van der Waals surface area contributed by atoms with Gasteiger partial charge in [0.2, 0.25) is 0 Å². The van der Waals surface area contributed by atoms with Crippen molar-refractivity contribution in [2.75, 3.05) is 23.3 Å². The lowest BCUT2D eigenvalue weighted by atomic mass is 9.92. The van der Waals surface area contributed by atoms with Crippen molar-refractivity contribution in [1.29, 1.82) is 0 Å². The average Bonchev–Trinajstić information content (AvgIpc) is 3.19. The van der Waals surface area contributed by atoms with E-state index in [-0.39, 0.29) is 18.9 Å². The van der Waals surface area contributed by atoms with Crippen molar-refractivity contribution >= 4 is 28.6 Å². The summed E-state index contributed by atoms with van der Waals surface area (Å²) in [6, 6.07) is 9.33. The van der Waals surface area contributed by atoms with Crippen molar-refractivity contribution in [1.82, 2.24) is 20.5 Å². The molecule has 0 spiro atoms. The summed E-state index contributed by atoms with van der Waals surface area (Å²) in [7, 11) is 0. The van der Waals surface area contributed by atoms with Gasteiger partial charge in [0.1, 0.15) is 5.82 Å². The summed E-state index contributed by atoms with van der Waals surface area (Å²) in [6.45, 7) is 4.63. The predicted molar refractivity (Wildman–Crippen MR) is 124 cm³/mol. The number of nitrogens with zero attached hydrogens (tertiary/aromatic N) is 3. The molecule has 35 heavy (non-hydrogen) atoms. The molecule has 3 aromatic rings. The molecule has 2 amide bonds. The summed E-state index contributed by atoms with van der Waals surface area (Å²) >= 11 is 0. The second-order valence-electron chi connectivity index (χ2n) is 9.14. The third-order valence-electron chi connectivity index (χ3n) is 5.71. The number of aliphatic hydroxyl groups is 1. The maximum absolute atomic E-state index is 13.2. The normalized spacial score (nSPS) is 20.0. The highest BCUT2D eigenvalue weighted by Crippen LogP contribution is 2.32. The lowest BCUT2D eigenvalue weighted by Gasteiger charge is -2.37. The number of aromatic nitrogens is 3. The van der Waals surface area contributed by atoms with Crippen LogP contribution in [0.25, 0.3) is 10.9 Å². The number of benzene rings is 1. The smallest absolute Gasteiger partial charge is 0.388 e. The fourth-order valence-corrected chi connectivity index (χ4v) is 4.11. The molecule has 0 unspecified atom stereocenters. The lowest BCUT2D eigenvalue weighted by molar-refractivity contribution is -0.233.